The summed E-state index contributed by atoms with van der Waals surface area (Å²) in [5.41, 5.74) is 3.50. The molecule has 2 heterocycles. The molecule has 0 saturated carbocycles. The van der Waals surface area contributed by atoms with Gasteiger partial charge >= 0.3 is 0 Å². The molecule has 0 aliphatic carbocycles. The molecule has 0 aliphatic heterocycles. The van der Waals surface area contributed by atoms with E-state index in [0.29, 0.717) is 22.2 Å². The average molecular weight is 400 g/mol. The lowest BCUT2D eigenvalue weighted by Crippen LogP contribution is -2.14. The zero-order valence-electron chi connectivity index (χ0n) is 15.0. The lowest BCUT2D eigenvalue weighted by Gasteiger charge is -2.11. The first-order chi connectivity index (χ1) is 14.2. The van der Waals surface area contributed by atoms with Crippen LogP contribution in [0.2, 0.25) is 0 Å². The van der Waals surface area contributed by atoms with Crippen molar-refractivity contribution in [1.29, 1.82) is 0 Å². The summed E-state index contributed by atoms with van der Waals surface area (Å²) in [5.74, 6) is -0.885. The number of hydrogen-bond acceptors (Lipinski definition) is 5. The normalized spacial score (nSPS) is 11.1. The summed E-state index contributed by atoms with van der Waals surface area (Å²) in [7, 11) is 0. The highest BCUT2D eigenvalue weighted by Crippen LogP contribution is 2.32. The molecule has 0 aliphatic rings. The molecule has 7 heteroatoms. The molecule has 0 fully saturated rings. The van der Waals surface area contributed by atoms with Gasteiger partial charge in [-0.15, -0.1) is 5.10 Å². The summed E-state index contributed by atoms with van der Waals surface area (Å²) < 4.78 is 18.9. The standard InChI is InChI=1S/C22H13FN4OS/c23-16-8-2-4-10-18(16)25-22(28)15-12-20(24-17-9-3-1-6-13(15)17)14-7-5-11-19-21(14)29-27-26-19/h1-12H,(H,25,28). The van der Waals surface area contributed by atoms with Crippen molar-refractivity contribution in [3.05, 3.63) is 84.2 Å². The molecule has 0 radical (unpaired) electrons. The van der Waals surface area contributed by atoms with Crippen molar-refractivity contribution in [2.75, 3.05) is 5.32 Å². The smallest absolute Gasteiger partial charge is 0.256 e. The van der Waals surface area contributed by atoms with Gasteiger partial charge in [0, 0.05) is 10.9 Å². The third kappa shape index (κ3) is 3.11. The van der Waals surface area contributed by atoms with Crippen molar-refractivity contribution in [3.8, 4) is 11.3 Å². The largest absolute Gasteiger partial charge is 0.319 e. The topological polar surface area (TPSA) is 67.8 Å². The number of nitrogens with one attached hydrogen (secondary N) is 1. The van der Waals surface area contributed by atoms with Crippen LogP contribution in [0, 0.1) is 5.82 Å². The van der Waals surface area contributed by atoms with E-state index in [9.17, 15) is 9.18 Å². The van der Waals surface area contributed by atoms with Gasteiger partial charge in [-0.05, 0) is 41.9 Å². The molecule has 3 aromatic carbocycles. The number of halogens is 1. The van der Waals surface area contributed by atoms with Crippen LogP contribution < -0.4 is 5.32 Å². The van der Waals surface area contributed by atoms with E-state index in [1.165, 1.54) is 23.7 Å². The number of fused-ring (bicyclic) bond motifs is 2. The molecule has 2 aromatic heterocycles. The maximum absolute atomic E-state index is 14.0. The fraction of sp³-hybridized carbons (Fsp3) is 0. The molecule has 140 valence electrons. The zero-order chi connectivity index (χ0) is 19.8. The number of aromatic nitrogens is 3. The first-order valence-electron chi connectivity index (χ1n) is 8.88. The first-order valence-corrected chi connectivity index (χ1v) is 9.65. The van der Waals surface area contributed by atoms with Crippen LogP contribution >= 0.6 is 11.5 Å². The number of carbonyl (C=O) groups excluding carboxylic acids is 1. The van der Waals surface area contributed by atoms with Crippen molar-refractivity contribution >= 4 is 44.2 Å². The number of amides is 1. The Bertz CT molecular complexity index is 1380. The van der Waals surface area contributed by atoms with E-state index in [4.69, 9.17) is 4.98 Å². The van der Waals surface area contributed by atoms with Gasteiger partial charge in [-0.3, -0.25) is 4.79 Å². The summed E-state index contributed by atoms with van der Waals surface area (Å²) in [6, 6.07) is 20.9. The highest BCUT2D eigenvalue weighted by molar-refractivity contribution is 7.13. The Hall–Kier alpha value is -3.71. The maximum atomic E-state index is 14.0. The summed E-state index contributed by atoms with van der Waals surface area (Å²) in [6.45, 7) is 0. The number of pyridine rings is 1. The number of hydrogen-bond donors (Lipinski definition) is 1. The van der Waals surface area contributed by atoms with E-state index in [1.54, 1.807) is 18.2 Å². The van der Waals surface area contributed by atoms with Crippen molar-refractivity contribution in [2.24, 2.45) is 0 Å². The lowest BCUT2D eigenvalue weighted by molar-refractivity contribution is 0.102. The predicted molar refractivity (Wildman–Crippen MR) is 113 cm³/mol. The van der Waals surface area contributed by atoms with Gasteiger partial charge in [-0.1, -0.05) is 47.0 Å². The minimum Gasteiger partial charge on any atom is -0.319 e. The number of benzene rings is 3. The van der Waals surface area contributed by atoms with Gasteiger partial charge in [0.2, 0.25) is 0 Å². The van der Waals surface area contributed by atoms with Crippen LogP contribution in [-0.2, 0) is 0 Å². The van der Waals surface area contributed by atoms with Gasteiger partial charge in [0.15, 0.2) is 0 Å². The number of rotatable bonds is 3. The van der Waals surface area contributed by atoms with Gasteiger partial charge in [0.05, 0.1) is 27.2 Å². The Morgan fingerprint density at radius 3 is 2.62 bits per heavy atom. The van der Waals surface area contributed by atoms with Crippen LogP contribution in [0.1, 0.15) is 10.4 Å². The van der Waals surface area contributed by atoms with Gasteiger partial charge < -0.3 is 5.32 Å². The monoisotopic (exact) mass is 400 g/mol. The van der Waals surface area contributed by atoms with Crippen LogP contribution in [0.25, 0.3) is 32.4 Å². The molecule has 0 atom stereocenters. The minimum absolute atomic E-state index is 0.133. The van der Waals surface area contributed by atoms with Crippen molar-refractivity contribution in [1.82, 2.24) is 14.6 Å². The number of anilines is 1. The van der Waals surface area contributed by atoms with Crippen LogP contribution in [0.4, 0.5) is 10.1 Å². The Labute approximate surface area is 169 Å². The van der Waals surface area contributed by atoms with Gasteiger partial charge in [0.25, 0.3) is 5.91 Å². The summed E-state index contributed by atoms with van der Waals surface area (Å²) >= 11 is 1.28. The quantitative estimate of drug-likeness (QED) is 0.446. The fourth-order valence-electron chi connectivity index (χ4n) is 3.26. The van der Waals surface area contributed by atoms with E-state index < -0.39 is 11.7 Å². The summed E-state index contributed by atoms with van der Waals surface area (Å²) in [6.07, 6.45) is 0. The molecule has 5 rings (SSSR count). The van der Waals surface area contributed by atoms with Crippen LogP contribution in [-0.4, -0.2) is 20.5 Å². The molecule has 1 amide bonds. The van der Waals surface area contributed by atoms with E-state index in [0.717, 1.165) is 15.8 Å². The number of carbonyl (C=O) groups is 1. The Kier molecular flexibility index (Phi) is 4.22. The molecule has 5 nitrogen and oxygen atoms in total. The second-order valence-corrected chi connectivity index (χ2v) is 7.19. The fourth-order valence-corrected chi connectivity index (χ4v) is 3.94. The van der Waals surface area contributed by atoms with Crippen molar-refractivity contribution in [2.45, 2.75) is 0 Å². The van der Waals surface area contributed by atoms with Gasteiger partial charge in [-0.25, -0.2) is 9.37 Å². The maximum Gasteiger partial charge on any atom is 0.256 e. The molecule has 0 saturated heterocycles. The van der Waals surface area contributed by atoms with Crippen LogP contribution in [0.15, 0.2) is 72.8 Å². The molecule has 29 heavy (non-hydrogen) atoms. The Morgan fingerprint density at radius 2 is 1.72 bits per heavy atom. The molecular weight excluding hydrogens is 387 g/mol. The third-order valence-electron chi connectivity index (χ3n) is 4.63. The lowest BCUT2D eigenvalue weighted by atomic mass is 10.0. The van der Waals surface area contributed by atoms with E-state index in [2.05, 4.69) is 14.9 Å². The third-order valence-corrected chi connectivity index (χ3v) is 5.41. The summed E-state index contributed by atoms with van der Waals surface area (Å²) in [5, 5.41) is 7.47. The SMILES string of the molecule is O=C(Nc1ccccc1F)c1cc(-c2cccc3nnsc23)nc2ccccc12. The van der Waals surface area contributed by atoms with E-state index in [1.807, 2.05) is 42.5 Å². The number of para-hydroxylation sites is 2. The first kappa shape index (κ1) is 17.4. The zero-order valence-corrected chi connectivity index (χ0v) is 15.8. The molecule has 0 bridgehead atoms. The molecule has 1 N–H and O–H groups in total. The van der Waals surface area contributed by atoms with Gasteiger partial charge in [-0.2, -0.15) is 0 Å². The van der Waals surface area contributed by atoms with E-state index >= 15 is 0 Å². The highest BCUT2D eigenvalue weighted by Gasteiger charge is 2.17. The molecule has 0 unspecified atom stereocenters. The van der Waals surface area contributed by atoms with E-state index in [-0.39, 0.29) is 5.69 Å². The molecule has 5 aromatic rings. The van der Waals surface area contributed by atoms with Crippen molar-refractivity contribution in [3.63, 3.8) is 0 Å². The predicted octanol–water partition coefficient (Wildman–Crippen LogP) is 5.30. The Balaban J connectivity index is 1.68. The molecule has 0 spiro atoms. The van der Waals surface area contributed by atoms with Crippen molar-refractivity contribution < 1.29 is 9.18 Å². The van der Waals surface area contributed by atoms with Crippen LogP contribution in [0.3, 0.4) is 0 Å². The number of nitrogens with zero attached hydrogens (tertiary/aromatic N) is 3. The average Bonchev–Trinajstić information content (AvgIpc) is 3.23. The minimum atomic E-state index is -0.486. The second-order valence-electron chi connectivity index (χ2n) is 6.43. The summed E-state index contributed by atoms with van der Waals surface area (Å²) in [4.78, 5) is 17.8. The molecular formula is C22H13FN4OS. The second kappa shape index (κ2) is 7.03. The highest BCUT2D eigenvalue weighted by atomic mass is 32.1. The van der Waals surface area contributed by atoms with Gasteiger partial charge in [0.1, 0.15) is 11.3 Å². The Morgan fingerprint density at radius 1 is 0.931 bits per heavy atom. The van der Waals surface area contributed by atoms with Crippen LogP contribution in [0.5, 0.6) is 0 Å².